The van der Waals surface area contributed by atoms with Gasteiger partial charge in [-0.1, -0.05) is 23.4 Å². The van der Waals surface area contributed by atoms with Gasteiger partial charge in [0.2, 0.25) is 5.91 Å². The second kappa shape index (κ2) is 10.3. The Labute approximate surface area is 185 Å². The Balaban J connectivity index is 1.45. The van der Waals surface area contributed by atoms with Gasteiger partial charge in [-0.2, -0.15) is 0 Å². The average molecular weight is 438 g/mol. The summed E-state index contributed by atoms with van der Waals surface area (Å²) in [6, 6.07) is 9.81. The number of halogens is 1. The highest BCUT2D eigenvalue weighted by molar-refractivity contribution is 7.99. The van der Waals surface area contributed by atoms with Crippen LogP contribution in [0, 0.1) is 5.82 Å². The van der Waals surface area contributed by atoms with Crippen molar-refractivity contribution >= 4 is 17.7 Å². The van der Waals surface area contributed by atoms with E-state index in [0.717, 1.165) is 30.5 Å². The van der Waals surface area contributed by atoms with Gasteiger partial charge in [-0.15, -0.1) is 10.2 Å². The molecule has 1 aliphatic rings. The van der Waals surface area contributed by atoms with E-state index < -0.39 is 0 Å². The highest BCUT2D eigenvalue weighted by atomic mass is 32.2. The number of rotatable bonds is 8. The van der Waals surface area contributed by atoms with E-state index in [4.69, 9.17) is 0 Å². The Kier molecular flexibility index (Phi) is 7.09. The van der Waals surface area contributed by atoms with Crippen molar-refractivity contribution in [2.24, 2.45) is 0 Å². The van der Waals surface area contributed by atoms with E-state index in [-0.39, 0.29) is 17.5 Å². The van der Waals surface area contributed by atoms with Crippen LogP contribution >= 0.6 is 11.8 Å². The Morgan fingerprint density at radius 2 is 1.90 bits per heavy atom. The quantitative estimate of drug-likeness (QED) is 0.413. The number of amides is 1. The van der Waals surface area contributed by atoms with Crippen molar-refractivity contribution in [3.8, 4) is 17.1 Å². The molecule has 0 saturated carbocycles. The molecule has 0 unspecified atom stereocenters. The maximum Gasteiger partial charge on any atom is 0.230 e. The van der Waals surface area contributed by atoms with Gasteiger partial charge in [0.15, 0.2) is 11.0 Å². The van der Waals surface area contributed by atoms with E-state index in [1.54, 1.807) is 24.5 Å². The topological polar surface area (TPSA) is 72.7 Å². The van der Waals surface area contributed by atoms with Crippen LogP contribution in [0.1, 0.15) is 32.1 Å². The Hall–Kier alpha value is -3.00. The zero-order chi connectivity index (χ0) is 21.5. The third kappa shape index (κ3) is 5.58. The fourth-order valence-corrected chi connectivity index (χ4v) is 4.33. The SMILES string of the molecule is O=C(CSc1nnc(-c2ccncc2)n1-c1ccc(F)cc1)NCCC1=CCCCC1. The average Bonchev–Trinajstić information content (AvgIpc) is 3.23. The standard InChI is InChI=1S/C23H24FN5OS/c24-19-6-8-20(9-7-19)29-22(18-11-13-25-14-12-18)27-28-23(29)31-16-21(30)26-15-10-17-4-2-1-3-5-17/h4,6-9,11-14H,1-3,5,10,15-16H2,(H,26,30). The van der Waals surface area contributed by atoms with E-state index in [2.05, 4.69) is 26.6 Å². The summed E-state index contributed by atoms with van der Waals surface area (Å²) in [6.07, 6.45) is 11.4. The van der Waals surface area contributed by atoms with Crippen LogP contribution in [0.4, 0.5) is 4.39 Å². The fraction of sp³-hybridized carbons (Fsp3) is 0.304. The van der Waals surface area contributed by atoms with Gasteiger partial charge in [0.05, 0.1) is 5.75 Å². The molecule has 4 rings (SSSR count). The monoisotopic (exact) mass is 437 g/mol. The first-order valence-electron chi connectivity index (χ1n) is 10.4. The highest BCUT2D eigenvalue weighted by Gasteiger charge is 2.17. The van der Waals surface area contributed by atoms with Crippen LogP contribution < -0.4 is 5.32 Å². The summed E-state index contributed by atoms with van der Waals surface area (Å²) in [5.41, 5.74) is 3.01. The smallest absolute Gasteiger partial charge is 0.230 e. The molecule has 6 nitrogen and oxygen atoms in total. The Morgan fingerprint density at radius 1 is 1.10 bits per heavy atom. The van der Waals surface area contributed by atoms with Crippen LogP contribution in [0.15, 0.2) is 65.6 Å². The molecule has 0 bridgehead atoms. The molecule has 0 fully saturated rings. The zero-order valence-corrected chi connectivity index (χ0v) is 17.9. The number of aromatic nitrogens is 4. The summed E-state index contributed by atoms with van der Waals surface area (Å²) >= 11 is 1.31. The Bertz CT molecular complexity index is 1050. The van der Waals surface area contributed by atoms with Gasteiger partial charge in [0, 0.05) is 30.2 Å². The van der Waals surface area contributed by atoms with Gasteiger partial charge in [-0.05, 0) is 68.5 Å². The largest absolute Gasteiger partial charge is 0.355 e. The van der Waals surface area contributed by atoms with Crippen LogP contribution in [0.3, 0.4) is 0 Å². The summed E-state index contributed by atoms with van der Waals surface area (Å²) in [5, 5.41) is 12.2. The zero-order valence-electron chi connectivity index (χ0n) is 17.1. The minimum atomic E-state index is -0.316. The predicted octanol–water partition coefficient (Wildman–Crippen LogP) is 4.57. The van der Waals surface area contributed by atoms with Crippen molar-refractivity contribution in [3.63, 3.8) is 0 Å². The first-order valence-corrected chi connectivity index (χ1v) is 11.4. The van der Waals surface area contributed by atoms with Gasteiger partial charge in [0.25, 0.3) is 0 Å². The van der Waals surface area contributed by atoms with Gasteiger partial charge in [0.1, 0.15) is 5.82 Å². The number of hydrogen-bond donors (Lipinski definition) is 1. The molecule has 0 atom stereocenters. The van der Waals surface area contributed by atoms with Crippen LogP contribution in [-0.4, -0.2) is 38.0 Å². The minimum absolute atomic E-state index is 0.0412. The number of carbonyl (C=O) groups is 1. The lowest BCUT2D eigenvalue weighted by Gasteiger charge is -2.13. The Morgan fingerprint density at radius 3 is 2.65 bits per heavy atom. The molecule has 0 saturated heterocycles. The van der Waals surface area contributed by atoms with Gasteiger partial charge in [-0.25, -0.2) is 4.39 Å². The number of allylic oxidation sites excluding steroid dienone is 1. The summed E-state index contributed by atoms with van der Waals surface area (Å²) in [5.74, 6) is 0.486. The first kappa shape index (κ1) is 21.2. The van der Waals surface area contributed by atoms with Crippen molar-refractivity contribution in [2.75, 3.05) is 12.3 Å². The first-order chi connectivity index (χ1) is 15.2. The fourth-order valence-electron chi connectivity index (χ4n) is 3.55. The number of carbonyl (C=O) groups excluding carboxylic acids is 1. The number of pyridine rings is 1. The van der Waals surface area contributed by atoms with Crippen molar-refractivity contribution in [2.45, 2.75) is 37.3 Å². The van der Waals surface area contributed by atoms with Crippen LogP contribution in [0.25, 0.3) is 17.1 Å². The summed E-state index contributed by atoms with van der Waals surface area (Å²) in [4.78, 5) is 16.4. The molecule has 31 heavy (non-hydrogen) atoms. The number of nitrogens with one attached hydrogen (secondary N) is 1. The maximum absolute atomic E-state index is 13.4. The second-order valence-electron chi connectivity index (χ2n) is 7.35. The summed E-state index contributed by atoms with van der Waals surface area (Å²) in [6.45, 7) is 0.651. The molecular formula is C23H24FN5OS. The second-order valence-corrected chi connectivity index (χ2v) is 8.29. The van der Waals surface area contributed by atoms with E-state index in [1.165, 1.54) is 42.3 Å². The lowest BCUT2D eigenvalue weighted by molar-refractivity contribution is -0.118. The van der Waals surface area contributed by atoms with Crippen LogP contribution in [0.5, 0.6) is 0 Å². The molecule has 1 amide bonds. The molecule has 8 heteroatoms. The van der Waals surface area contributed by atoms with Crippen LogP contribution in [-0.2, 0) is 4.79 Å². The third-order valence-electron chi connectivity index (χ3n) is 5.14. The lowest BCUT2D eigenvalue weighted by atomic mass is 9.97. The highest BCUT2D eigenvalue weighted by Crippen LogP contribution is 2.27. The van der Waals surface area contributed by atoms with Crippen LogP contribution in [0.2, 0.25) is 0 Å². The molecule has 2 heterocycles. The van der Waals surface area contributed by atoms with Crippen molar-refractivity contribution in [1.29, 1.82) is 0 Å². The summed E-state index contributed by atoms with van der Waals surface area (Å²) in [7, 11) is 0. The molecule has 1 aliphatic carbocycles. The molecular weight excluding hydrogens is 413 g/mol. The van der Waals surface area contributed by atoms with Gasteiger partial charge >= 0.3 is 0 Å². The predicted molar refractivity (Wildman–Crippen MR) is 119 cm³/mol. The van der Waals surface area contributed by atoms with E-state index in [0.29, 0.717) is 17.5 Å². The van der Waals surface area contributed by atoms with E-state index >= 15 is 0 Å². The lowest BCUT2D eigenvalue weighted by Crippen LogP contribution is -2.26. The number of nitrogens with zero attached hydrogens (tertiary/aromatic N) is 4. The maximum atomic E-state index is 13.4. The van der Waals surface area contributed by atoms with Gasteiger partial charge in [-0.3, -0.25) is 14.3 Å². The summed E-state index contributed by atoms with van der Waals surface area (Å²) < 4.78 is 15.3. The molecule has 0 aliphatic heterocycles. The minimum Gasteiger partial charge on any atom is -0.355 e. The molecule has 0 spiro atoms. The number of benzene rings is 1. The molecule has 2 aromatic heterocycles. The van der Waals surface area contributed by atoms with Crippen molar-refractivity contribution in [3.05, 3.63) is 66.3 Å². The van der Waals surface area contributed by atoms with Crippen molar-refractivity contribution in [1.82, 2.24) is 25.1 Å². The van der Waals surface area contributed by atoms with E-state index in [1.807, 2.05) is 16.7 Å². The van der Waals surface area contributed by atoms with Crippen molar-refractivity contribution < 1.29 is 9.18 Å². The molecule has 160 valence electrons. The molecule has 1 N–H and O–H groups in total. The molecule has 0 radical (unpaired) electrons. The molecule has 1 aromatic carbocycles. The third-order valence-corrected chi connectivity index (χ3v) is 6.07. The van der Waals surface area contributed by atoms with E-state index in [9.17, 15) is 9.18 Å². The normalized spacial score (nSPS) is 13.6. The van der Waals surface area contributed by atoms with Gasteiger partial charge < -0.3 is 5.32 Å². The molecule has 3 aromatic rings. The number of hydrogen-bond acceptors (Lipinski definition) is 5. The number of thioether (sulfide) groups is 1.